The molecule has 72 heavy (non-hydrogen) atoms. The Balaban J connectivity index is 1.49. The summed E-state index contributed by atoms with van der Waals surface area (Å²) in [5.41, 5.74) is -0.191. The van der Waals surface area contributed by atoms with Crippen molar-refractivity contribution in [3.63, 3.8) is 0 Å². The number of halogens is 11. The molecule has 15 nitrogen and oxygen atoms in total. The molecule has 1 saturated carbocycles. The average molecular weight is 1080 g/mol. The maximum absolute atomic E-state index is 15.6. The lowest BCUT2D eigenvalue weighted by molar-refractivity contribution is -0.143. The van der Waals surface area contributed by atoms with E-state index in [-0.39, 0.29) is 57.3 Å². The van der Waals surface area contributed by atoms with Crippen LogP contribution in [0.15, 0.2) is 42.5 Å². The molecule has 7 rings (SSSR count). The Morgan fingerprint density at radius 1 is 0.972 bits per heavy atom. The van der Waals surface area contributed by atoms with Gasteiger partial charge in [0.25, 0.3) is 5.92 Å². The van der Waals surface area contributed by atoms with E-state index in [1.165, 1.54) is 27.0 Å². The first kappa shape index (κ1) is 53.8. The van der Waals surface area contributed by atoms with Crippen LogP contribution in [-0.4, -0.2) is 102 Å². The Labute approximate surface area is 409 Å². The van der Waals surface area contributed by atoms with E-state index in [1.807, 2.05) is 0 Å². The SMILES string of the molecule is CN(CCCN)C(=O)N(c1nn(CC(F)(F)F)c2c(-c3ccc(C#CC(C)(C)S(C)(=O)=O)nc3[C@H](Cc3cc(F)cc(F)c3)NC(=O)Cn3nc(C(F)(F)F)c4c3C(F)(F)[C@@H]3C[C@H]43)ccc(Cl)c12)S(C)(=O)=O. The first-order valence-electron chi connectivity index (χ1n) is 21.4. The molecule has 2 aliphatic carbocycles. The molecule has 0 spiro atoms. The standard InChI is InChI=1S/C44H42ClF10N9O6S2/c1-41(2,71(4,67)68)12-11-25-7-8-26(27-9-10-30(45)34-36(27)63(21-42(48,49)50)60-39(34)64(72(5,69)70)40(66)61(3)14-6-13-56)35(57-25)31(17-22-15-23(46)18-24(47)16-22)58-32(65)20-62-38-33(37(59-62)44(53,54)55)28-19-29(28)43(38,51)52/h7-10,15-16,18,28-29,31H,6,13-14,17,19-21,56H2,1-5H3,(H,58,65)/t28-,29+,31-/m0/s1. The zero-order valence-electron chi connectivity index (χ0n) is 38.4. The van der Waals surface area contributed by atoms with Crippen molar-refractivity contribution in [3.8, 4) is 23.0 Å². The molecule has 0 aliphatic heterocycles. The number of carbonyl (C=O) groups is 2. The third-order valence-corrected chi connectivity index (χ3v) is 15.3. The zero-order chi connectivity index (χ0) is 53.4. The van der Waals surface area contributed by atoms with Crippen LogP contribution in [0.5, 0.6) is 0 Å². The van der Waals surface area contributed by atoms with E-state index in [2.05, 4.69) is 32.3 Å². The number of amides is 3. The van der Waals surface area contributed by atoms with Crippen LogP contribution in [0.2, 0.25) is 5.02 Å². The van der Waals surface area contributed by atoms with E-state index in [9.17, 15) is 61.5 Å². The van der Waals surface area contributed by atoms with Gasteiger partial charge in [-0.05, 0) is 87.4 Å². The molecule has 0 bridgehead atoms. The smallest absolute Gasteiger partial charge is 0.346 e. The van der Waals surface area contributed by atoms with Crippen LogP contribution in [0.25, 0.3) is 22.0 Å². The summed E-state index contributed by atoms with van der Waals surface area (Å²) in [6.07, 6.45) is -9.67. The Morgan fingerprint density at radius 3 is 2.19 bits per heavy atom. The quantitative estimate of drug-likeness (QED) is 0.0833. The van der Waals surface area contributed by atoms with Gasteiger partial charge in [-0.2, -0.15) is 49.6 Å². The Bertz CT molecular complexity index is 3290. The highest BCUT2D eigenvalue weighted by Crippen LogP contribution is 2.68. The molecular formula is C44H42ClF10N9O6S2. The third-order valence-electron chi connectivity index (χ3n) is 12.0. The van der Waals surface area contributed by atoms with E-state index in [4.69, 9.17) is 17.3 Å². The van der Waals surface area contributed by atoms with Crippen molar-refractivity contribution in [2.24, 2.45) is 11.7 Å². The molecule has 388 valence electrons. The lowest BCUT2D eigenvalue weighted by atomic mass is 9.93. The Hall–Kier alpha value is -5.98. The van der Waals surface area contributed by atoms with E-state index in [0.29, 0.717) is 17.0 Å². The monoisotopic (exact) mass is 1080 g/mol. The molecule has 3 N–H and O–H groups in total. The fraction of sp³-hybridized carbons (Fsp3) is 0.432. The number of nitrogens with zero attached hydrogens (tertiary/aromatic N) is 7. The molecule has 0 saturated heterocycles. The highest BCUT2D eigenvalue weighted by Gasteiger charge is 2.68. The van der Waals surface area contributed by atoms with Gasteiger partial charge in [-0.25, -0.2) is 35.4 Å². The van der Waals surface area contributed by atoms with Gasteiger partial charge in [0.05, 0.1) is 33.9 Å². The number of aromatic nitrogens is 5. The number of sulfonamides is 1. The molecule has 3 amide bonds. The van der Waals surface area contributed by atoms with E-state index >= 15 is 8.78 Å². The van der Waals surface area contributed by atoms with Gasteiger partial charge in [-0.1, -0.05) is 23.6 Å². The van der Waals surface area contributed by atoms with Crippen LogP contribution >= 0.6 is 11.6 Å². The van der Waals surface area contributed by atoms with Crippen molar-refractivity contribution in [1.82, 2.24) is 34.8 Å². The van der Waals surface area contributed by atoms with Gasteiger partial charge < -0.3 is 16.0 Å². The highest BCUT2D eigenvalue weighted by atomic mass is 35.5. The van der Waals surface area contributed by atoms with Crippen LogP contribution in [0.3, 0.4) is 0 Å². The largest absolute Gasteiger partial charge is 0.435 e. The Kier molecular flexibility index (Phi) is 14.1. The summed E-state index contributed by atoms with van der Waals surface area (Å²) in [5, 5.41) is 8.80. The summed E-state index contributed by atoms with van der Waals surface area (Å²) in [7, 11) is -7.47. The second kappa shape index (κ2) is 18.8. The number of hydrogen-bond acceptors (Lipinski definition) is 10. The molecular weight excluding hydrogens is 1040 g/mol. The van der Waals surface area contributed by atoms with Crippen LogP contribution in [0.4, 0.5) is 54.5 Å². The maximum atomic E-state index is 15.6. The lowest BCUT2D eigenvalue weighted by Gasteiger charge is -2.25. The molecule has 2 aromatic carbocycles. The molecule has 5 aromatic rings. The number of pyridine rings is 1. The molecule has 3 heterocycles. The van der Waals surface area contributed by atoms with Gasteiger partial charge in [-0.15, -0.1) is 0 Å². The number of anilines is 1. The minimum Gasteiger partial charge on any atom is -0.346 e. The summed E-state index contributed by atoms with van der Waals surface area (Å²) < 4.78 is 198. The van der Waals surface area contributed by atoms with Crippen LogP contribution in [0.1, 0.15) is 72.6 Å². The number of benzene rings is 2. The van der Waals surface area contributed by atoms with E-state index in [1.54, 1.807) is 0 Å². The predicted molar refractivity (Wildman–Crippen MR) is 242 cm³/mol. The van der Waals surface area contributed by atoms with Gasteiger partial charge in [0.2, 0.25) is 15.9 Å². The van der Waals surface area contributed by atoms with Crippen molar-refractivity contribution >= 4 is 60.1 Å². The van der Waals surface area contributed by atoms with Crippen LogP contribution < -0.4 is 15.4 Å². The Morgan fingerprint density at radius 2 is 1.61 bits per heavy atom. The summed E-state index contributed by atoms with van der Waals surface area (Å²) in [6, 6.07) is 3.61. The summed E-state index contributed by atoms with van der Waals surface area (Å²) in [6.45, 7) is -0.825. The highest BCUT2D eigenvalue weighted by molar-refractivity contribution is 7.93. The second-order valence-corrected chi connectivity index (χ2v) is 22.7. The van der Waals surface area contributed by atoms with Crippen molar-refractivity contribution in [3.05, 3.63) is 93.0 Å². The normalized spacial score (nSPS) is 17.0. The van der Waals surface area contributed by atoms with Crippen molar-refractivity contribution < 1.29 is 70.3 Å². The number of hydrogen-bond donors (Lipinski definition) is 2. The van der Waals surface area contributed by atoms with Crippen LogP contribution in [0, 0.1) is 29.4 Å². The minimum absolute atomic E-state index is 0.0572. The molecule has 2 aliphatic rings. The molecule has 1 fully saturated rings. The maximum Gasteiger partial charge on any atom is 0.435 e. The average Bonchev–Trinajstić information content (AvgIpc) is 3.76. The minimum atomic E-state index is -5.22. The first-order valence-corrected chi connectivity index (χ1v) is 25.5. The van der Waals surface area contributed by atoms with Gasteiger partial charge >= 0.3 is 18.4 Å². The summed E-state index contributed by atoms with van der Waals surface area (Å²) in [5.74, 6) is -5.90. The number of carbonyl (C=O) groups excluding carboxylic acids is 2. The third kappa shape index (κ3) is 10.7. The fourth-order valence-electron chi connectivity index (χ4n) is 8.37. The topological polar surface area (TPSA) is 195 Å². The number of fused-ring (bicyclic) bond motifs is 4. The molecule has 3 atom stereocenters. The van der Waals surface area contributed by atoms with Crippen molar-refractivity contribution in [1.29, 1.82) is 0 Å². The number of nitrogens with two attached hydrogens (primary N) is 1. The van der Waals surface area contributed by atoms with Gasteiger partial charge in [-0.3, -0.25) is 14.2 Å². The number of sulfone groups is 1. The fourth-order valence-corrected chi connectivity index (χ4v) is 9.71. The van der Waals surface area contributed by atoms with Crippen LogP contribution in [-0.2, 0) is 56.3 Å². The predicted octanol–water partition coefficient (Wildman–Crippen LogP) is 7.46. The van der Waals surface area contributed by atoms with Gasteiger partial charge in [0, 0.05) is 48.5 Å². The van der Waals surface area contributed by atoms with Gasteiger partial charge in [0.15, 0.2) is 21.3 Å². The number of alkyl halides is 8. The second-order valence-electron chi connectivity index (χ2n) is 17.9. The number of rotatable bonds is 14. The summed E-state index contributed by atoms with van der Waals surface area (Å²) in [4.78, 5) is 33.5. The van der Waals surface area contributed by atoms with Crippen molar-refractivity contribution in [2.75, 3.05) is 37.0 Å². The first-order chi connectivity index (χ1) is 33.1. The summed E-state index contributed by atoms with van der Waals surface area (Å²) >= 11 is 6.66. The number of nitrogens with one attached hydrogen (secondary N) is 1. The van der Waals surface area contributed by atoms with E-state index in [0.717, 1.165) is 41.5 Å². The molecule has 3 aromatic heterocycles. The zero-order valence-corrected chi connectivity index (χ0v) is 40.7. The molecule has 28 heteroatoms. The molecule has 0 unspecified atom stereocenters. The molecule has 0 radical (unpaired) electrons. The lowest BCUT2D eigenvalue weighted by Crippen LogP contribution is -2.45. The van der Waals surface area contributed by atoms with Gasteiger partial charge in [0.1, 0.15) is 40.9 Å². The van der Waals surface area contributed by atoms with E-state index < -0.39 is 148 Å². The van der Waals surface area contributed by atoms with Crippen molar-refractivity contribution in [2.45, 2.75) is 81.2 Å². The number of urea groups is 1.